The van der Waals surface area contributed by atoms with E-state index in [-0.39, 0.29) is 0 Å². The molecular formula is C11H11N3O. The Hall–Kier alpha value is -2.10. The first-order valence-corrected chi connectivity index (χ1v) is 4.60. The molecule has 76 valence electrons. The van der Waals surface area contributed by atoms with E-state index in [1.165, 1.54) is 0 Å². The first kappa shape index (κ1) is 9.45. The fourth-order valence-electron chi connectivity index (χ4n) is 1.15. The second kappa shape index (κ2) is 4.41. The minimum atomic E-state index is 0.714. The van der Waals surface area contributed by atoms with E-state index >= 15 is 0 Å². The summed E-state index contributed by atoms with van der Waals surface area (Å²) in [5, 5.41) is 2.95. The molecule has 0 aliphatic rings. The number of anilines is 1. The summed E-state index contributed by atoms with van der Waals surface area (Å²) in [4.78, 5) is 8.06. The van der Waals surface area contributed by atoms with E-state index in [1.807, 2.05) is 25.2 Å². The van der Waals surface area contributed by atoms with Crippen LogP contribution in [0.5, 0.6) is 11.5 Å². The quantitative estimate of drug-likeness (QED) is 0.827. The Balaban J connectivity index is 2.17. The first-order valence-electron chi connectivity index (χ1n) is 4.60. The zero-order valence-electron chi connectivity index (χ0n) is 8.34. The Morgan fingerprint density at radius 1 is 1.20 bits per heavy atom. The van der Waals surface area contributed by atoms with Crippen molar-refractivity contribution < 1.29 is 4.74 Å². The van der Waals surface area contributed by atoms with Crippen LogP contribution in [0.2, 0.25) is 0 Å². The Labute approximate surface area is 88.0 Å². The Kier molecular flexibility index (Phi) is 2.78. The normalized spacial score (nSPS) is 9.67. The van der Waals surface area contributed by atoms with E-state index in [1.54, 1.807) is 24.7 Å². The molecule has 0 radical (unpaired) electrons. The maximum atomic E-state index is 5.58. The summed E-state index contributed by atoms with van der Waals surface area (Å²) in [6.07, 6.45) is 5.06. The van der Waals surface area contributed by atoms with Gasteiger partial charge in [-0.05, 0) is 18.2 Å². The van der Waals surface area contributed by atoms with Crippen molar-refractivity contribution in [2.45, 2.75) is 0 Å². The van der Waals surface area contributed by atoms with Crippen molar-refractivity contribution in [1.29, 1.82) is 0 Å². The highest BCUT2D eigenvalue weighted by Crippen LogP contribution is 2.21. The molecule has 1 N–H and O–H groups in total. The summed E-state index contributed by atoms with van der Waals surface area (Å²) in [7, 11) is 1.82. The summed E-state index contributed by atoms with van der Waals surface area (Å²) in [6.45, 7) is 0. The Morgan fingerprint density at radius 2 is 2.13 bits per heavy atom. The molecule has 0 fully saturated rings. The van der Waals surface area contributed by atoms with Gasteiger partial charge in [0.25, 0.3) is 0 Å². The molecule has 0 saturated carbocycles. The Bertz CT molecular complexity index is 431. The van der Waals surface area contributed by atoms with Gasteiger partial charge in [-0.3, -0.25) is 4.98 Å². The van der Waals surface area contributed by atoms with Crippen molar-refractivity contribution in [2.24, 2.45) is 0 Å². The average molecular weight is 201 g/mol. The first-order chi connectivity index (χ1) is 7.38. The van der Waals surface area contributed by atoms with Gasteiger partial charge in [-0.15, -0.1) is 0 Å². The molecule has 0 saturated heterocycles. The summed E-state index contributed by atoms with van der Waals surface area (Å²) in [5.74, 6) is 2.23. The molecule has 15 heavy (non-hydrogen) atoms. The fourth-order valence-corrected chi connectivity index (χ4v) is 1.15. The number of aromatic nitrogens is 2. The largest absolute Gasteiger partial charge is 0.456 e. The molecule has 0 atom stereocenters. The van der Waals surface area contributed by atoms with Crippen molar-refractivity contribution >= 4 is 5.82 Å². The topological polar surface area (TPSA) is 47.0 Å². The van der Waals surface area contributed by atoms with E-state index < -0.39 is 0 Å². The highest BCUT2D eigenvalue weighted by molar-refractivity contribution is 5.41. The number of hydrogen-bond donors (Lipinski definition) is 1. The van der Waals surface area contributed by atoms with E-state index in [0.717, 1.165) is 11.6 Å². The number of rotatable bonds is 3. The van der Waals surface area contributed by atoms with Crippen LogP contribution in [-0.2, 0) is 0 Å². The number of nitrogens with one attached hydrogen (secondary N) is 1. The standard InChI is InChI=1S/C11H11N3O/c1-12-11-7-9(4-6-14-11)15-10-3-2-5-13-8-10/h2-8H,1H3,(H,12,14). The van der Waals surface area contributed by atoms with Gasteiger partial charge in [-0.2, -0.15) is 0 Å². The SMILES string of the molecule is CNc1cc(Oc2cccnc2)ccn1. The molecule has 0 bridgehead atoms. The van der Waals surface area contributed by atoms with Crippen LogP contribution < -0.4 is 10.1 Å². The van der Waals surface area contributed by atoms with Crippen LogP contribution in [0.4, 0.5) is 5.82 Å². The maximum absolute atomic E-state index is 5.58. The van der Waals surface area contributed by atoms with Crippen molar-refractivity contribution in [3.63, 3.8) is 0 Å². The third-order valence-corrected chi connectivity index (χ3v) is 1.86. The van der Waals surface area contributed by atoms with Crippen LogP contribution in [0.15, 0.2) is 42.9 Å². The molecule has 4 nitrogen and oxygen atoms in total. The van der Waals surface area contributed by atoms with E-state index in [9.17, 15) is 0 Å². The summed E-state index contributed by atoms with van der Waals surface area (Å²) >= 11 is 0. The molecule has 2 aromatic rings. The molecule has 2 aromatic heterocycles. The predicted molar refractivity (Wildman–Crippen MR) is 58.1 cm³/mol. The molecule has 4 heteroatoms. The molecule has 0 spiro atoms. The molecule has 0 aliphatic heterocycles. The van der Waals surface area contributed by atoms with Gasteiger partial charge in [0, 0.05) is 25.5 Å². The highest BCUT2D eigenvalue weighted by atomic mass is 16.5. The monoisotopic (exact) mass is 201 g/mol. The number of ether oxygens (including phenoxy) is 1. The minimum absolute atomic E-state index is 0.714. The van der Waals surface area contributed by atoms with Crippen molar-refractivity contribution in [3.05, 3.63) is 42.9 Å². The van der Waals surface area contributed by atoms with Gasteiger partial charge in [0.15, 0.2) is 0 Å². The second-order valence-electron chi connectivity index (χ2n) is 2.92. The van der Waals surface area contributed by atoms with Crippen molar-refractivity contribution in [3.8, 4) is 11.5 Å². The van der Waals surface area contributed by atoms with Gasteiger partial charge in [0.1, 0.15) is 17.3 Å². The Morgan fingerprint density at radius 3 is 2.87 bits per heavy atom. The van der Waals surface area contributed by atoms with Gasteiger partial charge >= 0.3 is 0 Å². The van der Waals surface area contributed by atoms with Crippen LogP contribution in [0, 0.1) is 0 Å². The van der Waals surface area contributed by atoms with Gasteiger partial charge in [0.05, 0.1) is 6.20 Å². The summed E-state index contributed by atoms with van der Waals surface area (Å²) < 4.78 is 5.58. The molecule has 2 rings (SSSR count). The average Bonchev–Trinajstić information content (AvgIpc) is 2.31. The fraction of sp³-hybridized carbons (Fsp3) is 0.0909. The number of nitrogens with zero attached hydrogens (tertiary/aromatic N) is 2. The van der Waals surface area contributed by atoms with E-state index in [4.69, 9.17) is 4.74 Å². The van der Waals surface area contributed by atoms with Crippen LogP contribution in [0.25, 0.3) is 0 Å². The third kappa shape index (κ3) is 2.43. The highest BCUT2D eigenvalue weighted by Gasteiger charge is 1.98. The predicted octanol–water partition coefficient (Wildman–Crippen LogP) is 2.31. The molecular weight excluding hydrogens is 190 g/mol. The van der Waals surface area contributed by atoms with Gasteiger partial charge in [-0.25, -0.2) is 4.98 Å². The van der Waals surface area contributed by atoms with Crippen LogP contribution in [0.3, 0.4) is 0 Å². The van der Waals surface area contributed by atoms with E-state index in [2.05, 4.69) is 15.3 Å². The molecule has 0 aliphatic carbocycles. The van der Waals surface area contributed by atoms with Crippen molar-refractivity contribution in [1.82, 2.24) is 9.97 Å². The minimum Gasteiger partial charge on any atom is -0.456 e. The number of pyridine rings is 2. The molecule has 0 aromatic carbocycles. The van der Waals surface area contributed by atoms with Crippen molar-refractivity contribution in [2.75, 3.05) is 12.4 Å². The van der Waals surface area contributed by atoms with Crippen LogP contribution in [0.1, 0.15) is 0 Å². The van der Waals surface area contributed by atoms with Crippen LogP contribution in [-0.4, -0.2) is 17.0 Å². The zero-order chi connectivity index (χ0) is 10.5. The summed E-state index contributed by atoms with van der Waals surface area (Å²) in [6, 6.07) is 7.31. The van der Waals surface area contributed by atoms with Crippen LogP contribution >= 0.6 is 0 Å². The maximum Gasteiger partial charge on any atom is 0.145 e. The zero-order valence-corrected chi connectivity index (χ0v) is 8.34. The summed E-state index contributed by atoms with van der Waals surface area (Å²) in [5.41, 5.74) is 0. The molecule has 0 amide bonds. The number of hydrogen-bond acceptors (Lipinski definition) is 4. The van der Waals surface area contributed by atoms with Gasteiger partial charge < -0.3 is 10.1 Å². The van der Waals surface area contributed by atoms with Gasteiger partial charge in [0.2, 0.25) is 0 Å². The van der Waals surface area contributed by atoms with E-state index in [0.29, 0.717) is 5.75 Å². The lowest BCUT2D eigenvalue weighted by atomic mass is 10.4. The second-order valence-corrected chi connectivity index (χ2v) is 2.92. The van der Waals surface area contributed by atoms with Gasteiger partial charge in [-0.1, -0.05) is 0 Å². The smallest absolute Gasteiger partial charge is 0.145 e. The molecule has 2 heterocycles. The molecule has 0 unspecified atom stereocenters. The lowest BCUT2D eigenvalue weighted by Crippen LogP contribution is -1.92. The third-order valence-electron chi connectivity index (χ3n) is 1.86. The lowest BCUT2D eigenvalue weighted by molar-refractivity contribution is 0.480. The lowest BCUT2D eigenvalue weighted by Gasteiger charge is -2.05.